The van der Waals surface area contributed by atoms with Crippen LogP contribution in [0.4, 0.5) is 0 Å². The van der Waals surface area contributed by atoms with Gasteiger partial charge in [-0.2, -0.15) is 0 Å². The molecule has 0 aliphatic rings. The fourth-order valence-electron chi connectivity index (χ4n) is 2.79. The fraction of sp³-hybridized carbons (Fsp3) is 0.571. The van der Waals surface area contributed by atoms with Gasteiger partial charge in [0.2, 0.25) is 0 Å². The lowest BCUT2D eigenvalue weighted by atomic mass is 9.84. The molecule has 2 N–H and O–H groups in total. The third-order valence-electron chi connectivity index (χ3n) is 4.93. The Bertz CT molecular complexity index is 800. The molecule has 1 heterocycles. The summed E-state index contributed by atoms with van der Waals surface area (Å²) < 4.78 is 12.5. The van der Waals surface area contributed by atoms with Gasteiger partial charge in [-0.25, -0.2) is 4.99 Å². The molecule has 160 valence electrons. The van der Waals surface area contributed by atoms with Gasteiger partial charge < -0.3 is 24.7 Å². The van der Waals surface area contributed by atoms with E-state index in [0.717, 1.165) is 36.3 Å². The Balaban J connectivity index is 2.06. The number of ether oxygens (including phenoxy) is 2. The summed E-state index contributed by atoms with van der Waals surface area (Å²) in [6.07, 6.45) is 0.902. The number of rotatable bonds is 10. The minimum atomic E-state index is -0.106. The minimum Gasteiger partial charge on any atom is -0.497 e. The maximum absolute atomic E-state index is 5.37. The Morgan fingerprint density at radius 2 is 2.00 bits per heavy atom. The van der Waals surface area contributed by atoms with E-state index in [1.807, 2.05) is 30.7 Å². The van der Waals surface area contributed by atoms with Gasteiger partial charge in [-0.15, -0.1) is 10.2 Å². The maximum Gasteiger partial charge on any atom is 0.191 e. The van der Waals surface area contributed by atoms with Crippen molar-refractivity contribution in [1.82, 2.24) is 25.4 Å². The second kappa shape index (κ2) is 10.8. The van der Waals surface area contributed by atoms with Crippen LogP contribution in [-0.2, 0) is 23.7 Å². The molecular formula is C21H34N6O2. The topological polar surface area (TPSA) is 85.6 Å². The lowest BCUT2D eigenvalue weighted by Gasteiger charge is -2.27. The molecule has 0 fully saturated rings. The normalized spacial score (nSPS) is 12.1. The first-order valence-corrected chi connectivity index (χ1v) is 9.88. The summed E-state index contributed by atoms with van der Waals surface area (Å²) in [7, 11) is 5.35. The van der Waals surface area contributed by atoms with Crippen molar-refractivity contribution in [2.45, 2.75) is 39.2 Å². The molecular weight excluding hydrogens is 368 g/mol. The summed E-state index contributed by atoms with van der Waals surface area (Å²) in [6, 6.07) is 8.17. The zero-order valence-corrected chi connectivity index (χ0v) is 18.5. The van der Waals surface area contributed by atoms with Gasteiger partial charge in [0.25, 0.3) is 0 Å². The van der Waals surface area contributed by atoms with Crippen LogP contribution in [0.1, 0.15) is 37.5 Å². The average Bonchev–Trinajstić information content (AvgIpc) is 3.04. The second-order valence-corrected chi connectivity index (χ2v) is 7.63. The van der Waals surface area contributed by atoms with E-state index in [4.69, 9.17) is 14.5 Å². The van der Waals surface area contributed by atoms with Crippen LogP contribution in [-0.4, -0.2) is 54.6 Å². The van der Waals surface area contributed by atoms with E-state index in [9.17, 15) is 0 Å². The van der Waals surface area contributed by atoms with Gasteiger partial charge in [0.15, 0.2) is 11.8 Å². The van der Waals surface area contributed by atoms with Crippen molar-refractivity contribution < 1.29 is 9.47 Å². The van der Waals surface area contributed by atoms with Crippen molar-refractivity contribution >= 4 is 5.96 Å². The van der Waals surface area contributed by atoms with Crippen LogP contribution in [0, 0.1) is 6.92 Å². The van der Waals surface area contributed by atoms with Crippen molar-refractivity contribution in [2.24, 2.45) is 12.0 Å². The van der Waals surface area contributed by atoms with Crippen LogP contribution in [0.5, 0.6) is 5.75 Å². The van der Waals surface area contributed by atoms with Crippen LogP contribution in [0.25, 0.3) is 0 Å². The van der Waals surface area contributed by atoms with Crippen molar-refractivity contribution in [2.75, 3.05) is 33.9 Å². The van der Waals surface area contributed by atoms with E-state index in [2.05, 4.69) is 46.8 Å². The van der Waals surface area contributed by atoms with Gasteiger partial charge in [0, 0.05) is 39.3 Å². The van der Waals surface area contributed by atoms with E-state index in [1.54, 1.807) is 14.2 Å². The second-order valence-electron chi connectivity index (χ2n) is 7.63. The van der Waals surface area contributed by atoms with E-state index in [0.29, 0.717) is 19.7 Å². The molecule has 0 atom stereocenters. The smallest absolute Gasteiger partial charge is 0.191 e. The molecule has 0 radical (unpaired) electrons. The van der Waals surface area contributed by atoms with Crippen LogP contribution < -0.4 is 15.4 Å². The van der Waals surface area contributed by atoms with Gasteiger partial charge in [-0.05, 0) is 31.0 Å². The van der Waals surface area contributed by atoms with E-state index >= 15 is 0 Å². The van der Waals surface area contributed by atoms with Gasteiger partial charge in [0.1, 0.15) is 18.1 Å². The average molecular weight is 403 g/mol. The van der Waals surface area contributed by atoms with E-state index < -0.39 is 0 Å². The highest BCUT2D eigenvalue weighted by molar-refractivity contribution is 5.79. The molecule has 2 rings (SSSR count). The molecule has 0 amide bonds. The van der Waals surface area contributed by atoms with Crippen LogP contribution in [0.2, 0.25) is 0 Å². The molecule has 1 aromatic heterocycles. The summed E-state index contributed by atoms with van der Waals surface area (Å²) >= 11 is 0. The maximum atomic E-state index is 5.37. The highest BCUT2D eigenvalue weighted by Crippen LogP contribution is 2.25. The zero-order chi connectivity index (χ0) is 21.3. The molecule has 29 heavy (non-hydrogen) atoms. The van der Waals surface area contributed by atoms with Crippen molar-refractivity contribution in [3.63, 3.8) is 0 Å². The Morgan fingerprint density at radius 1 is 1.21 bits per heavy atom. The lowest BCUT2D eigenvalue weighted by molar-refractivity contribution is 0.195. The number of methoxy groups -OCH3 is 2. The van der Waals surface area contributed by atoms with Gasteiger partial charge in [-0.3, -0.25) is 0 Å². The Labute approximate surface area is 173 Å². The Morgan fingerprint density at radius 3 is 2.66 bits per heavy atom. The first-order valence-electron chi connectivity index (χ1n) is 9.88. The lowest BCUT2D eigenvalue weighted by Crippen LogP contribution is -2.44. The number of aromatic nitrogens is 3. The van der Waals surface area contributed by atoms with E-state index in [-0.39, 0.29) is 5.41 Å². The van der Waals surface area contributed by atoms with E-state index in [1.165, 1.54) is 5.56 Å². The standard InChI is InChI=1S/C21H34N6O2/c1-16-25-26-19(27(16)4)14-23-20(22-11-8-12-28-5)24-15-21(2,3)17-9-7-10-18(13-17)29-6/h7,9-10,13H,8,11-12,14-15H2,1-6H3,(H2,22,23,24). The summed E-state index contributed by atoms with van der Waals surface area (Å²) in [6.45, 7) is 8.98. The van der Waals surface area contributed by atoms with Crippen molar-refractivity contribution in [1.29, 1.82) is 0 Å². The molecule has 0 unspecified atom stereocenters. The first-order chi connectivity index (χ1) is 13.9. The van der Waals surface area contributed by atoms with Crippen LogP contribution in [0.3, 0.4) is 0 Å². The number of aryl methyl sites for hydroxylation is 1. The quantitative estimate of drug-likeness (QED) is 0.360. The predicted octanol–water partition coefficient (Wildman–Crippen LogP) is 2.18. The van der Waals surface area contributed by atoms with Crippen molar-refractivity contribution in [3.05, 3.63) is 41.5 Å². The Kier molecular flexibility index (Phi) is 8.45. The van der Waals surface area contributed by atoms with Gasteiger partial charge in [-0.1, -0.05) is 26.0 Å². The largest absolute Gasteiger partial charge is 0.497 e. The molecule has 0 aliphatic carbocycles. The van der Waals surface area contributed by atoms with Gasteiger partial charge >= 0.3 is 0 Å². The molecule has 1 aromatic carbocycles. The third kappa shape index (κ3) is 6.74. The van der Waals surface area contributed by atoms with Gasteiger partial charge in [0.05, 0.1) is 7.11 Å². The number of nitrogens with zero attached hydrogens (tertiary/aromatic N) is 4. The van der Waals surface area contributed by atoms with Crippen LogP contribution in [0.15, 0.2) is 29.3 Å². The summed E-state index contributed by atoms with van der Waals surface area (Å²) in [5.74, 6) is 3.31. The number of hydrogen-bond acceptors (Lipinski definition) is 5. The number of benzene rings is 1. The third-order valence-corrected chi connectivity index (χ3v) is 4.93. The minimum absolute atomic E-state index is 0.106. The molecule has 0 saturated heterocycles. The highest BCUT2D eigenvalue weighted by Gasteiger charge is 2.21. The number of aliphatic imine (C=N–C) groups is 1. The summed E-state index contributed by atoms with van der Waals surface area (Å²) in [4.78, 5) is 4.70. The zero-order valence-electron chi connectivity index (χ0n) is 18.5. The molecule has 2 aromatic rings. The number of guanidine groups is 1. The molecule has 0 bridgehead atoms. The van der Waals surface area contributed by atoms with Crippen molar-refractivity contribution in [3.8, 4) is 5.75 Å². The highest BCUT2D eigenvalue weighted by atomic mass is 16.5. The molecule has 8 heteroatoms. The molecule has 8 nitrogen and oxygen atoms in total. The number of hydrogen-bond donors (Lipinski definition) is 2. The summed E-state index contributed by atoms with van der Waals surface area (Å²) in [5.41, 5.74) is 1.09. The SMILES string of the molecule is COCCCNC(=NCc1nnc(C)n1C)NCC(C)(C)c1cccc(OC)c1. The summed E-state index contributed by atoms with van der Waals surface area (Å²) in [5, 5.41) is 15.1. The fourth-order valence-corrected chi connectivity index (χ4v) is 2.79. The van der Waals surface area contributed by atoms with Crippen LogP contribution >= 0.6 is 0 Å². The first kappa shape index (κ1) is 22.7. The predicted molar refractivity (Wildman–Crippen MR) is 115 cm³/mol. The number of nitrogens with one attached hydrogen (secondary N) is 2. The molecule has 0 spiro atoms. The molecule has 0 saturated carbocycles. The monoisotopic (exact) mass is 402 g/mol. The Hall–Kier alpha value is -2.61. The molecule has 0 aliphatic heterocycles.